The maximum absolute atomic E-state index is 4.47. The predicted octanol–water partition coefficient (Wildman–Crippen LogP) is 2.49. The second kappa shape index (κ2) is 8.82. The van der Waals surface area contributed by atoms with Crippen LogP contribution in [0.1, 0.15) is 33.1 Å². The molecule has 0 aromatic rings. The van der Waals surface area contributed by atoms with Gasteiger partial charge in [0.1, 0.15) is 0 Å². The van der Waals surface area contributed by atoms with Crippen LogP contribution in [0, 0.1) is 0 Å². The fourth-order valence-electron chi connectivity index (χ4n) is 3.04. The highest BCUT2D eigenvalue weighted by molar-refractivity contribution is 14.0. The van der Waals surface area contributed by atoms with Gasteiger partial charge in [-0.05, 0) is 52.5 Å². The Balaban J connectivity index is 0.00000220. The lowest BCUT2D eigenvalue weighted by atomic mass is 10.2. The predicted molar refractivity (Wildman–Crippen MR) is 105 cm³/mol. The van der Waals surface area contributed by atoms with E-state index in [2.05, 4.69) is 40.2 Å². The molecule has 2 aliphatic heterocycles. The zero-order valence-corrected chi connectivity index (χ0v) is 17.0. The van der Waals surface area contributed by atoms with Crippen molar-refractivity contribution < 1.29 is 0 Å². The smallest absolute Gasteiger partial charge is 0.193 e. The molecule has 1 N–H and O–H groups in total. The molecular weight excluding hydrogens is 395 g/mol. The molecule has 1 unspecified atom stereocenters. The van der Waals surface area contributed by atoms with Crippen molar-refractivity contribution in [3.63, 3.8) is 0 Å². The van der Waals surface area contributed by atoms with Crippen molar-refractivity contribution in [2.24, 2.45) is 4.99 Å². The van der Waals surface area contributed by atoms with Crippen molar-refractivity contribution in [2.45, 2.75) is 43.9 Å². The molecule has 0 amide bonds. The van der Waals surface area contributed by atoms with Gasteiger partial charge in [0.15, 0.2) is 5.96 Å². The van der Waals surface area contributed by atoms with E-state index in [0.717, 1.165) is 31.6 Å². The molecule has 2 aliphatic rings. The average molecular weight is 426 g/mol. The second-order valence-corrected chi connectivity index (χ2v) is 8.01. The Labute approximate surface area is 151 Å². The van der Waals surface area contributed by atoms with E-state index in [4.69, 9.17) is 0 Å². The summed E-state index contributed by atoms with van der Waals surface area (Å²) in [7, 11) is 1.90. The van der Waals surface area contributed by atoms with Gasteiger partial charge < -0.3 is 10.2 Å². The van der Waals surface area contributed by atoms with Crippen molar-refractivity contribution >= 4 is 41.7 Å². The van der Waals surface area contributed by atoms with Gasteiger partial charge in [-0.3, -0.25) is 9.89 Å². The summed E-state index contributed by atoms with van der Waals surface area (Å²) < 4.78 is 0.254. The summed E-state index contributed by atoms with van der Waals surface area (Å²) in [5.74, 6) is 1.08. The topological polar surface area (TPSA) is 30.9 Å². The summed E-state index contributed by atoms with van der Waals surface area (Å²) in [6, 6.07) is 0.740. The van der Waals surface area contributed by atoms with Crippen LogP contribution < -0.4 is 5.32 Å². The van der Waals surface area contributed by atoms with Crippen molar-refractivity contribution in [1.82, 2.24) is 15.1 Å². The van der Waals surface area contributed by atoms with E-state index in [1.807, 2.05) is 18.8 Å². The summed E-state index contributed by atoms with van der Waals surface area (Å²) in [6.45, 7) is 10.4. The van der Waals surface area contributed by atoms with Crippen molar-refractivity contribution in [1.29, 1.82) is 0 Å². The number of hydrogen-bond acceptors (Lipinski definition) is 3. The van der Waals surface area contributed by atoms with E-state index >= 15 is 0 Å². The highest BCUT2D eigenvalue weighted by Crippen LogP contribution is 2.22. The van der Waals surface area contributed by atoms with E-state index in [0.29, 0.717) is 0 Å². The van der Waals surface area contributed by atoms with Crippen LogP contribution in [0.25, 0.3) is 0 Å². The van der Waals surface area contributed by atoms with Gasteiger partial charge in [-0.1, -0.05) is 0 Å². The molecule has 2 saturated heterocycles. The lowest BCUT2D eigenvalue weighted by Gasteiger charge is -2.28. The zero-order valence-electron chi connectivity index (χ0n) is 13.9. The molecule has 2 heterocycles. The number of likely N-dealkylation sites (tertiary alicyclic amines) is 2. The molecule has 2 rings (SSSR count). The summed E-state index contributed by atoms with van der Waals surface area (Å²) in [5, 5.41) is 3.55. The molecule has 0 aliphatic carbocycles. The number of aliphatic imine (C=N–C) groups is 1. The third-order valence-electron chi connectivity index (χ3n) is 4.56. The van der Waals surface area contributed by atoms with Crippen LogP contribution in [0.5, 0.6) is 0 Å². The monoisotopic (exact) mass is 426 g/mol. The lowest BCUT2D eigenvalue weighted by molar-refractivity contribution is 0.249. The average Bonchev–Trinajstić information content (AvgIpc) is 3.10. The van der Waals surface area contributed by atoms with Crippen LogP contribution >= 0.6 is 35.7 Å². The van der Waals surface area contributed by atoms with Gasteiger partial charge >= 0.3 is 0 Å². The van der Waals surface area contributed by atoms with Crippen LogP contribution in [0.4, 0.5) is 0 Å². The second-order valence-electron chi connectivity index (χ2n) is 6.50. The fraction of sp³-hybridized carbons (Fsp3) is 0.933. The Hall–Kier alpha value is 0.310. The summed E-state index contributed by atoms with van der Waals surface area (Å²) in [4.78, 5) is 9.57. The maximum atomic E-state index is 4.47. The molecule has 2 fully saturated rings. The molecule has 21 heavy (non-hydrogen) atoms. The summed E-state index contributed by atoms with van der Waals surface area (Å²) in [6.07, 6.45) is 6.22. The molecule has 0 bridgehead atoms. The lowest BCUT2D eigenvalue weighted by Crippen LogP contribution is -2.46. The molecule has 0 spiro atoms. The van der Waals surface area contributed by atoms with Crippen molar-refractivity contribution in [3.8, 4) is 0 Å². The molecule has 0 aromatic heterocycles. The fourth-order valence-corrected chi connectivity index (χ4v) is 3.25. The first-order valence-electron chi connectivity index (χ1n) is 7.80. The first-order valence-corrected chi connectivity index (χ1v) is 9.03. The Morgan fingerprint density at radius 2 is 1.95 bits per heavy atom. The Morgan fingerprint density at radius 1 is 1.29 bits per heavy atom. The highest BCUT2D eigenvalue weighted by Gasteiger charge is 2.31. The molecule has 6 heteroatoms. The standard InChI is InChI=1S/C15H30N4S.HI/c1-15(2,20-4)12-17-14(16-3)19-10-7-13(11-19)18-8-5-6-9-18;/h13H,5-12H2,1-4H3,(H,16,17);1H. The Morgan fingerprint density at radius 3 is 2.52 bits per heavy atom. The normalized spacial score (nSPS) is 24.3. The van der Waals surface area contributed by atoms with Gasteiger partial charge in [-0.25, -0.2) is 0 Å². The molecule has 0 aromatic carbocycles. The molecule has 0 saturated carbocycles. The quantitative estimate of drug-likeness (QED) is 0.425. The van der Waals surface area contributed by atoms with E-state index in [1.54, 1.807) is 0 Å². The van der Waals surface area contributed by atoms with Crippen LogP contribution in [-0.4, -0.2) is 72.6 Å². The molecule has 4 nitrogen and oxygen atoms in total. The van der Waals surface area contributed by atoms with E-state index in [1.165, 1.54) is 32.4 Å². The van der Waals surface area contributed by atoms with Gasteiger partial charge in [0, 0.05) is 37.5 Å². The van der Waals surface area contributed by atoms with Crippen LogP contribution in [0.2, 0.25) is 0 Å². The van der Waals surface area contributed by atoms with E-state index < -0.39 is 0 Å². The van der Waals surface area contributed by atoms with E-state index in [-0.39, 0.29) is 28.7 Å². The highest BCUT2D eigenvalue weighted by atomic mass is 127. The number of guanidine groups is 1. The number of nitrogens with zero attached hydrogens (tertiary/aromatic N) is 3. The third kappa shape index (κ3) is 5.46. The van der Waals surface area contributed by atoms with Crippen LogP contribution in [0.3, 0.4) is 0 Å². The Kier molecular flexibility index (Phi) is 8.13. The van der Waals surface area contributed by atoms with Crippen molar-refractivity contribution in [2.75, 3.05) is 46.0 Å². The molecule has 1 atom stereocenters. The van der Waals surface area contributed by atoms with Gasteiger partial charge in [-0.2, -0.15) is 11.8 Å². The van der Waals surface area contributed by atoms with E-state index in [9.17, 15) is 0 Å². The largest absolute Gasteiger partial charge is 0.355 e. The SMILES string of the molecule is CN=C(NCC(C)(C)SC)N1CCC(N2CCCC2)C1.I. The number of hydrogen-bond donors (Lipinski definition) is 1. The first-order chi connectivity index (χ1) is 9.55. The number of rotatable bonds is 4. The van der Waals surface area contributed by atoms with Gasteiger partial charge in [0.05, 0.1) is 0 Å². The van der Waals surface area contributed by atoms with Gasteiger partial charge in [0.2, 0.25) is 0 Å². The minimum Gasteiger partial charge on any atom is -0.355 e. The molecular formula is C15H31IN4S. The Bertz CT molecular complexity index is 343. The first kappa shape index (κ1) is 19.4. The molecule has 0 radical (unpaired) electrons. The minimum atomic E-state index is 0. The minimum absolute atomic E-state index is 0. The zero-order chi connectivity index (χ0) is 14.6. The maximum Gasteiger partial charge on any atom is 0.193 e. The van der Waals surface area contributed by atoms with Crippen molar-refractivity contribution in [3.05, 3.63) is 0 Å². The summed E-state index contributed by atoms with van der Waals surface area (Å²) >= 11 is 1.90. The number of nitrogens with one attached hydrogen (secondary N) is 1. The number of halogens is 1. The van der Waals surface area contributed by atoms with Gasteiger partial charge in [0.25, 0.3) is 0 Å². The van der Waals surface area contributed by atoms with Crippen LogP contribution in [0.15, 0.2) is 4.99 Å². The third-order valence-corrected chi connectivity index (χ3v) is 5.81. The van der Waals surface area contributed by atoms with Gasteiger partial charge in [-0.15, -0.1) is 24.0 Å². The summed E-state index contributed by atoms with van der Waals surface area (Å²) in [5.41, 5.74) is 0. The van der Waals surface area contributed by atoms with Crippen LogP contribution in [-0.2, 0) is 0 Å². The molecule has 124 valence electrons. The number of thioether (sulfide) groups is 1.